The van der Waals surface area contributed by atoms with E-state index >= 15 is 0 Å². The van der Waals surface area contributed by atoms with Crippen molar-refractivity contribution in [2.75, 3.05) is 25.1 Å². The third kappa shape index (κ3) is 4.31. The molecule has 29 heavy (non-hydrogen) atoms. The van der Waals surface area contributed by atoms with Gasteiger partial charge in [0.25, 0.3) is 0 Å². The standard InChI is InChI=1S/C24H30N2O3/c1-15-10-16(2)12-18(11-15)23-19-6-9-29-24(19)20-13-17(4-5-21(20)26-23)14-22(28)25-7-3-8-27/h4-5,10-13,19,23-24,26-27H,3,6-9,14H2,1-2H3,(H,25,28)/t19-,23-,24-/m1/s1. The lowest BCUT2D eigenvalue weighted by atomic mass is 9.80. The average Bonchev–Trinajstić information content (AvgIpc) is 3.17. The number of rotatable bonds is 6. The summed E-state index contributed by atoms with van der Waals surface area (Å²) in [6, 6.07) is 13.2. The summed E-state index contributed by atoms with van der Waals surface area (Å²) in [6.45, 7) is 5.66. The Labute approximate surface area is 172 Å². The quantitative estimate of drug-likeness (QED) is 0.655. The van der Waals surface area contributed by atoms with Gasteiger partial charge in [-0.05, 0) is 43.9 Å². The molecule has 2 aromatic rings. The van der Waals surface area contributed by atoms with Crippen LogP contribution in [-0.2, 0) is 16.0 Å². The van der Waals surface area contributed by atoms with Gasteiger partial charge in [0.05, 0.1) is 18.6 Å². The molecule has 1 saturated heterocycles. The van der Waals surface area contributed by atoms with Crippen molar-refractivity contribution in [1.29, 1.82) is 0 Å². The van der Waals surface area contributed by atoms with Gasteiger partial charge in [-0.2, -0.15) is 0 Å². The second kappa shape index (κ2) is 8.56. The molecule has 3 N–H and O–H groups in total. The molecule has 3 atom stereocenters. The smallest absolute Gasteiger partial charge is 0.224 e. The Bertz CT molecular complexity index is 875. The van der Waals surface area contributed by atoms with Crippen molar-refractivity contribution in [1.82, 2.24) is 5.32 Å². The number of carbonyl (C=O) groups excluding carboxylic acids is 1. The summed E-state index contributed by atoms with van der Waals surface area (Å²) < 4.78 is 6.17. The minimum Gasteiger partial charge on any atom is -0.396 e. The molecule has 0 aliphatic carbocycles. The average molecular weight is 395 g/mol. The van der Waals surface area contributed by atoms with Crippen molar-refractivity contribution in [3.8, 4) is 0 Å². The SMILES string of the molecule is Cc1cc(C)cc([C@H]2Nc3ccc(CC(=O)NCCCO)cc3[C@@H]3OCC[C@H]23)c1. The second-order valence-corrected chi connectivity index (χ2v) is 8.31. The maximum atomic E-state index is 12.1. The number of benzene rings is 2. The van der Waals surface area contributed by atoms with Crippen LogP contribution in [0, 0.1) is 19.8 Å². The maximum Gasteiger partial charge on any atom is 0.224 e. The van der Waals surface area contributed by atoms with Gasteiger partial charge in [-0.1, -0.05) is 41.5 Å². The van der Waals surface area contributed by atoms with Crippen LogP contribution in [-0.4, -0.2) is 30.8 Å². The first-order chi connectivity index (χ1) is 14.0. The van der Waals surface area contributed by atoms with Crippen LogP contribution in [0.2, 0.25) is 0 Å². The Hall–Kier alpha value is -2.37. The van der Waals surface area contributed by atoms with Gasteiger partial charge in [0.2, 0.25) is 5.91 Å². The highest BCUT2D eigenvalue weighted by molar-refractivity contribution is 5.79. The molecule has 154 valence electrons. The van der Waals surface area contributed by atoms with Crippen LogP contribution in [0.15, 0.2) is 36.4 Å². The van der Waals surface area contributed by atoms with Gasteiger partial charge in [0.15, 0.2) is 0 Å². The fraction of sp³-hybridized carbons (Fsp3) is 0.458. The van der Waals surface area contributed by atoms with Crippen LogP contribution in [0.3, 0.4) is 0 Å². The van der Waals surface area contributed by atoms with Crippen molar-refractivity contribution in [3.05, 3.63) is 64.2 Å². The molecule has 0 unspecified atom stereocenters. The zero-order valence-electron chi connectivity index (χ0n) is 17.2. The normalized spacial score (nSPS) is 22.5. The Morgan fingerprint density at radius 3 is 2.76 bits per heavy atom. The number of hydrogen-bond acceptors (Lipinski definition) is 4. The number of fused-ring (bicyclic) bond motifs is 3. The molecule has 2 aromatic carbocycles. The lowest BCUT2D eigenvalue weighted by Crippen LogP contribution is -2.30. The molecule has 0 bridgehead atoms. The highest BCUT2D eigenvalue weighted by atomic mass is 16.5. The molecule has 0 saturated carbocycles. The van der Waals surface area contributed by atoms with E-state index in [1.807, 2.05) is 6.07 Å². The lowest BCUT2D eigenvalue weighted by Gasteiger charge is -2.37. The summed E-state index contributed by atoms with van der Waals surface area (Å²) in [5.74, 6) is 0.372. The topological polar surface area (TPSA) is 70.6 Å². The van der Waals surface area contributed by atoms with Crippen molar-refractivity contribution in [3.63, 3.8) is 0 Å². The Kier molecular flexibility index (Phi) is 5.88. The van der Waals surface area contributed by atoms with Gasteiger partial charge < -0.3 is 20.5 Å². The van der Waals surface area contributed by atoms with Gasteiger partial charge in [-0.25, -0.2) is 0 Å². The molecule has 1 fully saturated rings. The molecule has 0 radical (unpaired) electrons. The van der Waals surface area contributed by atoms with E-state index in [0.29, 0.717) is 25.3 Å². The first-order valence-electron chi connectivity index (χ1n) is 10.5. The number of amides is 1. The molecule has 2 heterocycles. The van der Waals surface area contributed by atoms with E-state index < -0.39 is 0 Å². The summed E-state index contributed by atoms with van der Waals surface area (Å²) in [4.78, 5) is 12.1. The van der Waals surface area contributed by atoms with E-state index in [0.717, 1.165) is 29.8 Å². The van der Waals surface area contributed by atoms with Crippen molar-refractivity contribution < 1.29 is 14.6 Å². The molecule has 1 amide bonds. The van der Waals surface area contributed by atoms with Crippen LogP contribution < -0.4 is 10.6 Å². The summed E-state index contributed by atoms with van der Waals surface area (Å²) >= 11 is 0. The number of aliphatic hydroxyl groups is 1. The molecule has 2 aliphatic rings. The molecule has 5 heteroatoms. The second-order valence-electron chi connectivity index (χ2n) is 8.31. The number of anilines is 1. The van der Waals surface area contributed by atoms with Crippen LogP contribution in [0.5, 0.6) is 0 Å². The largest absolute Gasteiger partial charge is 0.396 e. The number of carbonyl (C=O) groups is 1. The molecule has 2 aliphatic heterocycles. The van der Waals surface area contributed by atoms with Crippen LogP contribution in [0.4, 0.5) is 5.69 Å². The summed E-state index contributed by atoms with van der Waals surface area (Å²) in [7, 11) is 0. The third-order valence-electron chi connectivity index (χ3n) is 5.92. The maximum absolute atomic E-state index is 12.1. The van der Waals surface area contributed by atoms with Crippen molar-refractivity contribution in [2.24, 2.45) is 5.92 Å². The van der Waals surface area contributed by atoms with E-state index in [-0.39, 0.29) is 24.7 Å². The fourth-order valence-corrected chi connectivity index (χ4v) is 4.71. The van der Waals surface area contributed by atoms with E-state index in [9.17, 15) is 4.79 Å². The van der Waals surface area contributed by atoms with Crippen LogP contribution in [0.25, 0.3) is 0 Å². The van der Waals surface area contributed by atoms with Gasteiger partial charge in [-0.15, -0.1) is 0 Å². The molecule has 0 aromatic heterocycles. The van der Waals surface area contributed by atoms with Gasteiger partial charge in [-0.3, -0.25) is 4.79 Å². The predicted molar refractivity (Wildman–Crippen MR) is 114 cm³/mol. The van der Waals surface area contributed by atoms with Gasteiger partial charge in [0, 0.05) is 36.9 Å². The molecule has 4 rings (SSSR count). The zero-order chi connectivity index (χ0) is 20.4. The summed E-state index contributed by atoms with van der Waals surface area (Å²) in [6.07, 6.45) is 2.02. The van der Waals surface area contributed by atoms with Crippen molar-refractivity contribution in [2.45, 2.75) is 45.3 Å². The lowest BCUT2D eigenvalue weighted by molar-refractivity contribution is -0.120. The van der Waals surface area contributed by atoms with Crippen LogP contribution >= 0.6 is 0 Å². The zero-order valence-corrected chi connectivity index (χ0v) is 17.2. The Morgan fingerprint density at radius 2 is 2.00 bits per heavy atom. The van der Waals surface area contributed by atoms with E-state index in [4.69, 9.17) is 9.84 Å². The predicted octanol–water partition coefficient (Wildman–Crippen LogP) is 3.59. The fourth-order valence-electron chi connectivity index (χ4n) is 4.71. The Morgan fingerprint density at radius 1 is 1.21 bits per heavy atom. The third-order valence-corrected chi connectivity index (χ3v) is 5.92. The number of nitrogens with one attached hydrogen (secondary N) is 2. The van der Waals surface area contributed by atoms with Gasteiger partial charge >= 0.3 is 0 Å². The van der Waals surface area contributed by atoms with Gasteiger partial charge in [0.1, 0.15) is 0 Å². The molecule has 5 nitrogen and oxygen atoms in total. The van der Waals surface area contributed by atoms with E-state index in [1.54, 1.807) is 0 Å². The number of aliphatic hydroxyl groups excluding tert-OH is 1. The van der Waals surface area contributed by atoms with E-state index in [1.165, 1.54) is 16.7 Å². The minimum atomic E-state index is -0.0147. The monoisotopic (exact) mass is 394 g/mol. The number of aryl methyl sites for hydroxylation is 2. The number of ether oxygens (including phenoxy) is 1. The van der Waals surface area contributed by atoms with Crippen molar-refractivity contribution >= 4 is 11.6 Å². The summed E-state index contributed by atoms with van der Waals surface area (Å²) in [5, 5.41) is 15.5. The number of hydrogen-bond donors (Lipinski definition) is 3. The highest BCUT2D eigenvalue weighted by Crippen LogP contribution is 2.50. The first kappa shape index (κ1) is 19.9. The first-order valence-corrected chi connectivity index (χ1v) is 10.5. The molecule has 0 spiro atoms. The Balaban J connectivity index is 1.57. The summed E-state index contributed by atoms with van der Waals surface area (Å²) in [5.41, 5.74) is 7.14. The van der Waals surface area contributed by atoms with E-state index in [2.05, 4.69) is 54.8 Å². The minimum absolute atomic E-state index is 0.0147. The molecular formula is C24H30N2O3. The van der Waals surface area contributed by atoms with Crippen LogP contribution in [0.1, 0.15) is 52.8 Å². The highest BCUT2D eigenvalue weighted by Gasteiger charge is 2.41. The molecular weight excluding hydrogens is 364 g/mol.